The highest BCUT2D eigenvalue weighted by Gasteiger charge is 2.24. The number of piperidine rings is 1. The van der Waals surface area contributed by atoms with Crippen LogP contribution < -0.4 is 15.4 Å². The van der Waals surface area contributed by atoms with Crippen molar-refractivity contribution in [2.75, 3.05) is 58.2 Å². The number of amides is 2. The molecule has 45 heavy (non-hydrogen) atoms. The number of carbonyl (C=O) groups is 1. The number of aromatic nitrogens is 2. The van der Waals surface area contributed by atoms with Crippen LogP contribution in [0.3, 0.4) is 0 Å². The van der Waals surface area contributed by atoms with E-state index < -0.39 is 5.82 Å². The van der Waals surface area contributed by atoms with Gasteiger partial charge in [0.1, 0.15) is 5.75 Å². The van der Waals surface area contributed by atoms with Gasteiger partial charge in [-0.15, -0.1) is 11.3 Å². The number of ether oxygens (including phenoxy) is 1. The number of hydrogen-bond acceptors (Lipinski definition) is 8. The molecule has 3 aliphatic rings. The second-order valence-corrected chi connectivity index (χ2v) is 13.7. The second kappa shape index (κ2) is 13.4. The summed E-state index contributed by atoms with van der Waals surface area (Å²) >= 11 is 1.52. The molecule has 236 valence electrons. The summed E-state index contributed by atoms with van der Waals surface area (Å²) in [5, 5.41) is 5.50. The normalized spacial score (nSPS) is 18.7. The number of pyridine rings is 2. The topological polar surface area (TPSA) is 85.9 Å². The van der Waals surface area contributed by atoms with Gasteiger partial charge in [-0.3, -0.25) is 14.9 Å². The summed E-state index contributed by atoms with van der Waals surface area (Å²) in [6, 6.07) is 12.3. The van der Waals surface area contributed by atoms with Gasteiger partial charge in [-0.05, 0) is 81.6 Å². The molecule has 2 amide bonds. The highest BCUT2D eigenvalue weighted by Crippen LogP contribution is 2.39. The fourth-order valence-corrected chi connectivity index (χ4v) is 7.19. The molecule has 3 fully saturated rings. The van der Waals surface area contributed by atoms with E-state index in [0.717, 1.165) is 72.3 Å². The molecule has 3 aromatic heterocycles. The largest absolute Gasteiger partial charge is 0.453 e. The highest BCUT2D eigenvalue weighted by molar-refractivity contribution is 7.22. The third-order valence-corrected chi connectivity index (χ3v) is 10.2. The third-order valence-electron chi connectivity index (χ3n) is 9.00. The van der Waals surface area contributed by atoms with E-state index in [9.17, 15) is 9.18 Å². The first-order chi connectivity index (χ1) is 21.9. The molecule has 2 saturated heterocycles. The molecule has 1 aliphatic carbocycles. The maximum atomic E-state index is 14.9. The van der Waals surface area contributed by atoms with Gasteiger partial charge in [0.25, 0.3) is 0 Å². The van der Waals surface area contributed by atoms with Crippen molar-refractivity contribution in [2.24, 2.45) is 5.92 Å². The monoisotopic (exact) mass is 629 g/mol. The molecule has 11 heteroatoms. The van der Waals surface area contributed by atoms with Crippen LogP contribution in [-0.4, -0.2) is 89.6 Å². The zero-order chi connectivity index (χ0) is 30.8. The van der Waals surface area contributed by atoms with Crippen molar-refractivity contribution in [3.63, 3.8) is 0 Å². The molecule has 0 radical (unpaired) electrons. The fraction of sp³-hybridized carbons (Fsp3) is 0.441. The number of hydrogen-bond donors (Lipinski definition) is 2. The number of nitrogens with zero attached hydrogens (tertiary/aromatic N) is 5. The summed E-state index contributed by atoms with van der Waals surface area (Å²) in [5.41, 5.74) is 3.23. The van der Waals surface area contributed by atoms with Crippen LogP contribution in [0, 0.1) is 11.7 Å². The van der Waals surface area contributed by atoms with Crippen LogP contribution >= 0.6 is 11.3 Å². The summed E-state index contributed by atoms with van der Waals surface area (Å²) < 4.78 is 21.8. The van der Waals surface area contributed by atoms with Gasteiger partial charge < -0.3 is 25.2 Å². The van der Waals surface area contributed by atoms with Crippen LogP contribution in [0.15, 0.2) is 54.9 Å². The van der Waals surface area contributed by atoms with Crippen LogP contribution in [0.25, 0.3) is 20.8 Å². The van der Waals surface area contributed by atoms with Gasteiger partial charge in [-0.2, -0.15) is 0 Å². The number of rotatable bonds is 9. The lowest BCUT2D eigenvalue weighted by Gasteiger charge is -2.38. The van der Waals surface area contributed by atoms with Crippen LogP contribution in [-0.2, 0) is 6.54 Å². The predicted molar refractivity (Wildman–Crippen MR) is 176 cm³/mol. The number of nitrogens with one attached hydrogen (secondary N) is 2. The zero-order valence-electron chi connectivity index (χ0n) is 25.7. The Morgan fingerprint density at radius 3 is 2.49 bits per heavy atom. The Kier molecular flexibility index (Phi) is 8.93. The van der Waals surface area contributed by atoms with Crippen LogP contribution in [0.2, 0.25) is 0 Å². The number of carbonyl (C=O) groups excluding carboxylic acids is 1. The zero-order valence-corrected chi connectivity index (χ0v) is 26.5. The minimum Gasteiger partial charge on any atom is -0.453 e. The maximum Gasteiger partial charge on any atom is 0.319 e. The van der Waals surface area contributed by atoms with Gasteiger partial charge in [0.15, 0.2) is 11.6 Å². The van der Waals surface area contributed by atoms with E-state index in [2.05, 4.69) is 49.5 Å². The fourth-order valence-electron chi connectivity index (χ4n) is 6.14. The van der Waals surface area contributed by atoms with Gasteiger partial charge in [0, 0.05) is 75.5 Å². The van der Waals surface area contributed by atoms with Crippen LogP contribution in [0.4, 0.5) is 14.9 Å². The highest BCUT2D eigenvalue weighted by atomic mass is 32.1. The van der Waals surface area contributed by atoms with Crippen molar-refractivity contribution >= 4 is 33.3 Å². The van der Waals surface area contributed by atoms with Crippen molar-refractivity contribution in [3.05, 3.63) is 66.2 Å². The molecule has 1 saturated carbocycles. The number of anilines is 1. The lowest BCUT2D eigenvalue weighted by atomic mass is 9.96. The lowest BCUT2D eigenvalue weighted by molar-refractivity contribution is 0.0963. The molecule has 0 unspecified atom stereocenters. The van der Waals surface area contributed by atoms with E-state index in [4.69, 9.17) is 9.72 Å². The Hall–Kier alpha value is -3.64. The van der Waals surface area contributed by atoms with Gasteiger partial charge in [0.2, 0.25) is 0 Å². The Labute approximate surface area is 267 Å². The molecular formula is C34H40FN7O2S. The van der Waals surface area contributed by atoms with Crippen molar-refractivity contribution in [2.45, 2.75) is 38.3 Å². The number of piperazine rings is 1. The Bertz CT molecular complexity index is 1630. The Morgan fingerprint density at radius 1 is 0.956 bits per heavy atom. The van der Waals surface area contributed by atoms with Gasteiger partial charge in [-0.1, -0.05) is 6.07 Å². The molecular weight excluding hydrogens is 589 g/mol. The van der Waals surface area contributed by atoms with Gasteiger partial charge in [-0.25, -0.2) is 9.18 Å². The lowest BCUT2D eigenvalue weighted by Crippen LogP contribution is -2.48. The molecule has 2 N–H and O–H groups in total. The van der Waals surface area contributed by atoms with E-state index in [1.54, 1.807) is 18.3 Å². The molecule has 1 aromatic carbocycles. The molecule has 9 nitrogen and oxygen atoms in total. The Balaban J connectivity index is 0.953. The third kappa shape index (κ3) is 7.61. The molecule has 0 spiro atoms. The number of urea groups is 1. The molecule has 4 aromatic rings. The number of likely N-dealkylation sites (tertiary alicyclic amines) is 1. The maximum absolute atomic E-state index is 14.9. The van der Waals surface area contributed by atoms with E-state index in [0.29, 0.717) is 11.4 Å². The smallest absolute Gasteiger partial charge is 0.319 e. The van der Waals surface area contributed by atoms with E-state index in [-0.39, 0.29) is 17.8 Å². The SMILES string of the molecule is CN1CCC(CN2CCN(Cc3ccc(-c4cc5nccc(Oc6ccc(NC(=O)NC7CC7)cc6F)c5s4)nc3)CC2)CC1. The van der Waals surface area contributed by atoms with Crippen molar-refractivity contribution < 1.29 is 13.9 Å². The van der Waals surface area contributed by atoms with Crippen molar-refractivity contribution in [1.29, 1.82) is 0 Å². The summed E-state index contributed by atoms with van der Waals surface area (Å²) in [5.74, 6) is 0.889. The Morgan fingerprint density at radius 2 is 1.76 bits per heavy atom. The number of benzene rings is 1. The molecule has 7 rings (SSSR count). The quantitative estimate of drug-likeness (QED) is 0.234. The van der Waals surface area contributed by atoms with Crippen molar-refractivity contribution in [1.82, 2.24) is 30.0 Å². The van der Waals surface area contributed by atoms with E-state index >= 15 is 0 Å². The average Bonchev–Trinajstić information content (AvgIpc) is 3.74. The number of fused-ring (bicyclic) bond motifs is 1. The number of halogens is 1. The van der Waals surface area contributed by atoms with E-state index in [1.807, 2.05) is 12.3 Å². The standard InChI is InChI=1S/C34H40FN7O2S/c1-40-12-9-23(10-13-40)21-41-14-16-42(17-15-41)22-24-2-6-28(37-20-24)32-19-29-33(45-32)31(8-11-36-29)44-30-7-5-26(18-27(30)35)39-34(43)38-25-3-4-25/h2,5-8,11,18-20,23,25H,3-4,9-10,12-17,21-22H2,1H3,(H2,38,39,43). The predicted octanol–water partition coefficient (Wildman–Crippen LogP) is 6.03. The summed E-state index contributed by atoms with van der Waals surface area (Å²) in [6.45, 7) is 9.08. The summed E-state index contributed by atoms with van der Waals surface area (Å²) in [6.07, 6.45) is 8.26. The summed E-state index contributed by atoms with van der Waals surface area (Å²) in [7, 11) is 2.23. The second-order valence-electron chi connectivity index (χ2n) is 12.6. The molecule has 0 atom stereocenters. The molecule has 0 bridgehead atoms. The van der Waals surface area contributed by atoms with Gasteiger partial charge >= 0.3 is 6.03 Å². The number of thiophene rings is 1. The summed E-state index contributed by atoms with van der Waals surface area (Å²) in [4.78, 5) is 29.9. The first-order valence-corrected chi connectivity index (χ1v) is 16.8. The van der Waals surface area contributed by atoms with Crippen molar-refractivity contribution in [3.8, 4) is 22.1 Å². The average molecular weight is 630 g/mol. The minimum atomic E-state index is -0.558. The first-order valence-electron chi connectivity index (χ1n) is 16.0. The van der Waals surface area contributed by atoms with Crippen LogP contribution in [0.5, 0.6) is 11.5 Å². The molecule has 5 heterocycles. The minimum absolute atomic E-state index is 0.0794. The first kappa shape index (κ1) is 30.0. The van der Waals surface area contributed by atoms with E-state index in [1.165, 1.54) is 61.5 Å². The van der Waals surface area contributed by atoms with Gasteiger partial charge in [0.05, 0.1) is 20.8 Å². The molecule has 2 aliphatic heterocycles. The van der Waals surface area contributed by atoms with Crippen LogP contribution in [0.1, 0.15) is 31.2 Å².